The summed E-state index contributed by atoms with van der Waals surface area (Å²) in [5.74, 6) is -1.03. The van der Waals surface area contributed by atoms with Gasteiger partial charge in [-0.05, 0) is 18.2 Å². The van der Waals surface area contributed by atoms with Crippen molar-refractivity contribution in [3.8, 4) is 5.75 Å². The summed E-state index contributed by atoms with van der Waals surface area (Å²) >= 11 is 0. The Morgan fingerprint density at radius 1 is 1.30 bits per heavy atom. The summed E-state index contributed by atoms with van der Waals surface area (Å²) in [5, 5.41) is 9.43. The predicted molar refractivity (Wildman–Crippen MR) is 72.9 cm³/mol. The Morgan fingerprint density at radius 2 is 2.05 bits per heavy atom. The Balaban J connectivity index is 2.66. The lowest BCUT2D eigenvalue weighted by molar-refractivity contribution is -0.131. The lowest BCUT2D eigenvalue weighted by Crippen LogP contribution is -2.03. The number of H-pyrrole nitrogens is 1. The van der Waals surface area contributed by atoms with Crippen LogP contribution < -0.4 is 4.74 Å². The van der Waals surface area contributed by atoms with Crippen molar-refractivity contribution in [2.45, 2.75) is 0 Å². The molecule has 20 heavy (non-hydrogen) atoms. The van der Waals surface area contributed by atoms with Gasteiger partial charge in [0.1, 0.15) is 11.4 Å². The van der Waals surface area contributed by atoms with Crippen LogP contribution in [-0.4, -0.2) is 36.2 Å². The van der Waals surface area contributed by atoms with Crippen molar-refractivity contribution >= 4 is 28.9 Å². The van der Waals surface area contributed by atoms with Gasteiger partial charge in [-0.3, -0.25) is 0 Å². The van der Waals surface area contributed by atoms with Crippen LogP contribution in [0, 0.1) is 0 Å². The van der Waals surface area contributed by atoms with E-state index in [4.69, 9.17) is 9.84 Å². The maximum Gasteiger partial charge on any atom is 0.355 e. The summed E-state index contributed by atoms with van der Waals surface area (Å²) in [6.45, 7) is 0. The molecule has 0 spiro atoms. The number of hydrogen-bond acceptors (Lipinski definition) is 4. The highest BCUT2D eigenvalue weighted by Crippen LogP contribution is 2.27. The van der Waals surface area contributed by atoms with Gasteiger partial charge in [-0.15, -0.1) is 0 Å². The van der Waals surface area contributed by atoms with Gasteiger partial charge in [-0.2, -0.15) is 0 Å². The summed E-state index contributed by atoms with van der Waals surface area (Å²) < 4.78 is 9.80. The molecular weight excluding hydrogens is 262 g/mol. The number of hydrogen-bond donors (Lipinski definition) is 2. The van der Waals surface area contributed by atoms with E-state index < -0.39 is 11.9 Å². The number of aromatic nitrogens is 1. The van der Waals surface area contributed by atoms with Crippen molar-refractivity contribution in [1.82, 2.24) is 4.98 Å². The number of ether oxygens (including phenoxy) is 2. The Morgan fingerprint density at radius 3 is 2.65 bits per heavy atom. The first-order valence-electron chi connectivity index (χ1n) is 5.76. The number of carboxylic acids is 1. The molecule has 0 fully saturated rings. The Bertz CT molecular complexity index is 699. The molecule has 0 aliphatic rings. The molecule has 6 heteroatoms. The van der Waals surface area contributed by atoms with E-state index in [0.29, 0.717) is 22.2 Å². The molecule has 1 aromatic carbocycles. The lowest BCUT2D eigenvalue weighted by atomic mass is 10.1. The topological polar surface area (TPSA) is 88.6 Å². The third-order valence-electron chi connectivity index (χ3n) is 2.83. The van der Waals surface area contributed by atoms with E-state index >= 15 is 0 Å². The molecule has 0 aliphatic carbocycles. The highest BCUT2D eigenvalue weighted by molar-refractivity contribution is 6.04. The number of carbonyl (C=O) groups is 2. The first-order chi connectivity index (χ1) is 9.56. The molecule has 0 atom stereocenters. The molecule has 0 amide bonds. The summed E-state index contributed by atoms with van der Waals surface area (Å²) in [5.41, 5.74) is 1.33. The van der Waals surface area contributed by atoms with E-state index in [-0.39, 0.29) is 5.69 Å². The van der Waals surface area contributed by atoms with Gasteiger partial charge >= 0.3 is 11.9 Å². The molecule has 2 aromatic rings. The lowest BCUT2D eigenvalue weighted by Gasteiger charge is -1.99. The van der Waals surface area contributed by atoms with E-state index in [9.17, 15) is 9.59 Å². The standard InChI is InChI=1S/C14H13NO5/c1-19-8-3-4-9-10(5-6-12(16)17)13(14(18)20-2)15-11(9)7-8/h3-7,15H,1-2H3,(H,16,17)/b6-5-. The van der Waals surface area contributed by atoms with Crippen LogP contribution in [0.15, 0.2) is 24.3 Å². The van der Waals surface area contributed by atoms with Gasteiger partial charge in [-0.25, -0.2) is 9.59 Å². The zero-order chi connectivity index (χ0) is 14.7. The van der Waals surface area contributed by atoms with Crippen LogP contribution in [0.4, 0.5) is 0 Å². The SMILES string of the molecule is COC(=O)c1[nH]c2cc(OC)ccc2c1/C=C\C(=O)O. The molecule has 104 valence electrons. The second-order valence-electron chi connectivity index (χ2n) is 3.99. The molecule has 6 nitrogen and oxygen atoms in total. The first kappa shape index (κ1) is 13.7. The van der Waals surface area contributed by atoms with E-state index in [1.165, 1.54) is 20.3 Å². The van der Waals surface area contributed by atoms with Crippen molar-refractivity contribution in [2.75, 3.05) is 14.2 Å². The van der Waals surface area contributed by atoms with Gasteiger partial charge in [0.05, 0.1) is 19.7 Å². The number of carboxylic acid groups (broad SMARTS) is 1. The molecule has 0 aliphatic heterocycles. The zero-order valence-electron chi connectivity index (χ0n) is 11.0. The number of aromatic amines is 1. The summed E-state index contributed by atoms with van der Waals surface area (Å²) in [6.07, 6.45) is 2.33. The quantitative estimate of drug-likeness (QED) is 0.658. The van der Waals surface area contributed by atoms with Gasteiger partial charge in [-0.1, -0.05) is 0 Å². The molecule has 1 heterocycles. The molecular formula is C14H13NO5. The molecule has 0 saturated carbocycles. The van der Waals surface area contributed by atoms with Crippen LogP contribution in [0.2, 0.25) is 0 Å². The molecule has 0 bridgehead atoms. The van der Waals surface area contributed by atoms with Crippen LogP contribution >= 0.6 is 0 Å². The van der Waals surface area contributed by atoms with Gasteiger partial charge in [0.15, 0.2) is 0 Å². The van der Waals surface area contributed by atoms with Crippen LogP contribution in [0.5, 0.6) is 5.75 Å². The van der Waals surface area contributed by atoms with Crippen molar-refractivity contribution in [2.24, 2.45) is 0 Å². The predicted octanol–water partition coefficient (Wildman–Crippen LogP) is 2.06. The van der Waals surface area contributed by atoms with Gasteiger partial charge < -0.3 is 19.6 Å². The van der Waals surface area contributed by atoms with Crippen LogP contribution in [0.1, 0.15) is 16.1 Å². The molecule has 2 N–H and O–H groups in total. The van der Waals surface area contributed by atoms with E-state index in [0.717, 1.165) is 6.08 Å². The monoisotopic (exact) mass is 275 g/mol. The van der Waals surface area contributed by atoms with Crippen molar-refractivity contribution < 1.29 is 24.2 Å². The number of benzene rings is 1. The second kappa shape index (κ2) is 5.48. The molecule has 0 saturated heterocycles. The highest BCUT2D eigenvalue weighted by atomic mass is 16.5. The summed E-state index contributed by atoms with van der Waals surface area (Å²) in [7, 11) is 2.80. The Labute approximate surface area is 114 Å². The smallest absolute Gasteiger partial charge is 0.355 e. The third-order valence-corrected chi connectivity index (χ3v) is 2.83. The maximum absolute atomic E-state index is 11.7. The van der Waals surface area contributed by atoms with E-state index in [1.807, 2.05) is 0 Å². The van der Waals surface area contributed by atoms with Crippen molar-refractivity contribution in [1.29, 1.82) is 0 Å². The molecule has 0 unspecified atom stereocenters. The number of methoxy groups -OCH3 is 2. The van der Waals surface area contributed by atoms with Crippen LogP contribution in [0.25, 0.3) is 17.0 Å². The largest absolute Gasteiger partial charge is 0.497 e. The van der Waals surface area contributed by atoms with Crippen LogP contribution in [0.3, 0.4) is 0 Å². The minimum Gasteiger partial charge on any atom is -0.497 e. The number of rotatable bonds is 4. The van der Waals surface area contributed by atoms with E-state index in [1.54, 1.807) is 18.2 Å². The summed E-state index contributed by atoms with van der Waals surface area (Å²) in [6, 6.07) is 5.20. The van der Waals surface area contributed by atoms with Crippen molar-refractivity contribution in [3.63, 3.8) is 0 Å². The highest BCUT2D eigenvalue weighted by Gasteiger charge is 2.17. The fourth-order valence-electron chi connectivity index (χ4n) is 1.92. The zero-order valence-corrected chi connectivity index (χ0v) is 11.0. The molecule has 0 radical (unpaired) electrons. The fourth-order valence-corrected chi connectivity index (χ4v) is 1.92. The van der Waals surface area contributed by atoms with E-state index in [2.05, 4.69) is 9.72 Å². The first-order valence-corrected chi connectivity index (χ1v) is 5.76. The van der Waals surface area contributed by atoms with Gasteiger partial charge in [0.2, 0.25) is 0 Å². The summed E-state index contributed by atoms with van der Waals surface area (Å²) in [4.78, 5) is 25.3. The number of carbonyl (C=O) groups excluding carboxylic acids is 1. The molecule has 2 rings (SSSR count). The number of aliphatic carboxylic acids is 1. The van der Waals surface area contributed by atoms with Gasteiger partial charge in [0, 0.05) is 23.1 Å². The Hall–Kier alpha value is -2.76. The van der Waals surface area contributed by atoms with Gasteiger partial charge in [0.25, 0.3) is 0 Å². The third kappa shape index (κ3) is 2.49. The average Bonchev–Trinajstić information content (AvgIpc) is 2.81. The second-order valence-corrected chi connectivity index (χ2v) is 3.99. The number of nitrogens with one attached hydrogen (secondary N) is 1. The Kier molecular flexibility index (Phi) is 3.74. The minimum absolute atomic E-state index is 0.202. The van der Waals surface area contributed by atoms with Crippen molar-refractivity contribution in [3.05, 3.63) is 35.5 Å². The minimum atomic E-state index is -1.09. The normalized spacial score (nSPS) is 10.9. The molecule has 1 aromatic heterocycles. The number of fused-ring (bicyclic) bond motifs is 1. The average molecular weight is 275 g/mol. The maximum atomic E-state index is 11.7. The van der Waals surface area contributed by atoms with Crippen LogP contribution in [-0.2, 0) is 9.53 Å². The number of esters is 1. The fraction of sp³-hybridized carbons (Fsp3) is 0.143.